The fraction of sp³-hybridized carbons (Fsp3) is 0. The van der Waals surface area contributed by atoms with Crippen LogP contribution in [0.5, 0.6) is 0 Å². The summed E-state index contributed by atoms with van der Waals surface area (Å²) in [6, 6.07) is 12.8. The van der Waals surface area contributed by atoms with Crippen LogP contribution in [0.4, 0.5) is 0 Å². The van der Waals surface area contributed by atoms with E-state index in [4.69, 9.17) is 0 Å². The maximum atomic E-state index is 12.5. The van der Waals surface area contributed by atoms with Crippen molar-refractivity contribution >= 4 is 20.6 Å². The summed E-state index contributed by atoms with van der Waals surface area (Å²) in [5.41, 5.74) is 0. The van der Waals surface area contributed by atoms with Gasteiger partial charge in [-0.15, -0.1) is 0 Å². The molecular formula is C14H10N2O3S. The Bertz CT molecular complexity index is 877. The summed E-state index contributed by atoms with van der Waals surface area (Å²) in [7, 11) is -3.55. The van der Waals surface area contributed by atoms with E-state index in [-0.39, 0.29) is 9.79 Å². The molecular weight excluding hydrogens is 276 g/mol. The topological polar surface area (TPSA) is 74.0 Å². The fourth-order valence-corrected chi connectivity index (χ4v) is 3.27. The molecule has 0 radical (unpaired) electrons. The quantitative estimate of drug-likeness (QED) is 0.531. The van der Waals surface area contributed by atoms with Gasteiger partial charge in [-0.1, -0.05) is 23.0 Å². The summed E-state index contributed by atoms with van der Waals surface area (Å²) >= 11 is 0. The van der Waals surface area contributed by atoms with Gasteiger partial charge in [0.2, 0.25) is 16.0 Å². The molecule has 5 nitrogen and oxygen atoms in total. The molecule has 20 heavy (non-hydrogen) atoms. The lowest BCUT2D eigenvalue weighted by Crippen LogP contribution is -2.29. The highest BCUT2D eigenvalue weighted by Gasteiger charge is 2.17. The maximum Gasteiger partial charge on any atom is 0.217 e. The van der Waals surface area contributed by atoms with Gasteiger partial charge in [0.05, 0.1) is 15.2 Å². The number of fused-ring (bicyclic) bond motifs is 1. The third kappa shape index (κ3) is 2.10. The Hall–Kier alpha value is -2.47. The SMILES string of the molecule is O=S(=O)(c1ccccc1)c1ccc2c[n+]([O-])ncc2c1. The summed E-state index contributed by atoms with van der Waals surface area (Å²) in [5.74, 6) is 0. The molecule has 0 N–H and O–H groups in total. The Morgan fingerprint density at radius 1 is 0.950 bits per heavy atom. The van der Waals surface area contributed by atoms with E-state index in [1.807, 2.05) is 0 Å². The third-order valence-corrected chi connectivity index (χ3v) is 4.75. The van der Waals surface area contributed by atoms with E-state index in [1.54, 1.807) is 36.4 Å². The number of aromatic nitrogens is 2. The van der Waals surface area contributed by atoms with E-state index in [9.17, 15) is 13.6 Å². The number of hydrogen-bond donors (Lipinski definition) is 0. The molecule has 2 aromatic carbocycles. The van der Waals surface area contributed by atoms with Gasteiger partial charge in [-0.25, -0.2) is 8.42 Å². The van der Waals surface area contributed by atoms with Crippen LogP contribution < -0.4 is 4.85 Å². The summed E-state index contributed by atoms with van der Waals surface area (Å²) in [6.45, 7) is 0. The smallest absolute Gasteiger partial charge is 0.217 e. The zero-order chi connectivity index (χ0) is 14.2. The molecule has 6 heteroatoms. The highest BCUT2D eigenvalue weighted by Crippen LogP contribution is 2.23. The molecule has 1 heterocycles. The predicted molar refractivity (Wildman–Crippen MR) is 72.6 cm³/mol. The number of rotatable bonds is 2. The standard InChI is InChI=1S/C14H10N2O3S/c17-16-10-11-6-7-14(8-12(11)9-15-16)20(18,19)13-4-2-1-3-5-13/h1-10H. The van der Waals surface area contributed by atoms with Gasteiger partial charge in [0.15, 0.2) is 0 Å². The monoisotopic (exact) mass is 286 g/mol. The first-order valence-electron chi connectivity index (χ1n) is 5.87. The lowest BCUT2D eigenvalue weighted by Gasteiger charge is -2.05. The van der Waals surface area contributed by atoms with Crippen molar-refractivity contribution in [2.45, 2.75) is 9.79 Å². The van der Waals surface area contributed by atoms with Crippen LogP contribution in [0.2, 0.25) is 0 Å². The molecule has 0 atom stereocenters. The average molecular weight is 286 g/mol. The van der Waals surface area contributed by atoms with Crippen LogP contribution in [0, 0.1) is 5.21 Å². The van der Waals surface area contributed by atoms with Crippen LogP contribution in [0.3, 0.4) is 0 Å². The molecule has 100 valence electrons. The molecule has 0 amide bonds. The van der Waals surface area contributed by atoms with Crippen LogP contribution >= 0.6 is 0 Å². The van der Waals surface area contributed by atoms with Gasteiger partial charge in [0, 0.05) is 10.5 Å². The Morgan fingerprint density at radius 3 is 2.45 bits per heavy atom. The van der Waals surface area contributed by atoms with Crippen LogP contribution in [0.15, 0.2) is 70.7 Å². The van der Waals surface area contributed by atoms with Crippen molar-refractivity contribution in [2.24, 2.45) is 0 Å². The van der Waals surface area contributed by atoms with Crippen molar-refractivity contribution in [3.63, 3.8) is 0 Å². The number of nitrogens with zero attached hydrogens (tertiary/aromatic N) is 2. The van der Waals surface area contributed by atoms with Crippen LogP contribution in [0.25, 0.3) is 10.8 Å². The minimum Gasteiger partial charge on any atom is -0.594 e. The molecule has 0 fully saturated rings. The van der Waals surface area contributed by atoms with Crippen molar-refractivity contribution in [1.82, 2.24) is 5.10 Å². The summed E-state index contributed by atoms with van der Waals surface area (Å²) in [4.78, 5) is 0.858. The van der Waals surface area contributed by atoms with E-state index >= 15 is 0 Å². The van der Waals surface area contributed by atoms with Gasteiger partial charge in [-0.2, -0.15) is 0 Å². The Labute approximate surface area is 115 Å². The van der Waals surface area contributed by atoms with Crippen molar-refractivity contribution in [3.8, 4) is 0 Å². The molecule has 0 saturated carbocycles. The molecule has 0 unspecified atom stereocenters. The van der Waals surface area contributed by atoms with Gasteiger partial charge in [0.1, 0.15) is 6.20 Å². The highest BCUT2D eigenvalue weighted by atomic mass is 32.2. The maximum absolute atomic E-state index is 12.5. The normalized spacial score (nSPS) is 11.6. The highest BCUT2D eigenvalue weighted by molar-refractivity contribution is 7.91. The molecule has 0 saturated heterocycles. The second kappa shape index (κ2) is 4.57. The Morgan fingerprint density at radius 2 is 1.70 bits per heavy atom. The van der Waals surface area contributed by atoms with Crippen molar-refractivity contribution in [1.29, 1.82) is 0 Å². The van der Waals surface area contributed by atoms with E-state index in [0.29, 0.717) is 15.6 Å². The van der Waals surface area contributed by atoms with E-state index < -0.39 is 9.84 Å². The zero-order valence-corrected chi connectivity index (χ0v) is 11.1. The minimum atomic E-state index is -3.55. The molecule has 0 aliphatic rings. The van der Waals surface area contributed by atoms with Gasteiger partial charge in [0.25, 0.3) is 0 Å². The Balaban J connectivity index is 2.18. The van der Waals surface area contributed by atoms with Crippen molar-refractivity contribution in [3.05, 3.63) is 66.1 Å². The summed E-state index contributed by atoms with van der Waals surface area (Å²) in [6.07, 6.45) is 2.65. The predicted octanol–water partition coefficient (Wildman–Crippen LogP) is 1.70. The summed E-state index contributed by atoms with van der Waals surface area (Å²) in [5, 5.41) is 15.9. The van der Waals surface area contributed by atoms with Crippen LogP contribution in [-0.2, 0) is 9.84 Å². The first-order chi connectivity index (χ1) is 9.57. The minimum absolute atomic E-state index is 0.182. The summed E-state index contributed by atoms with van der Waals surface area (Å²) < 4.78 is 24.9. The van der Waals surface area contributed by atoms with Crippen molar-refractivity contribution in [2.75, 3.05) is 0 Å². The number of benzene rings is 2. The third-order valence-electron chi connectivity index (χ3n) is 2.98. The second-order valence-corrected chi connectivity index (χ2v) is 6.23. The van der Waals surface area contributed by atoms with Crippen molar-refractivity contribution < 1.29 is 13.3 Å². The lowest BCUT2D eigenvalue weighted by molar-refractivity contribution is -0.667. The molecule has 3 aromatic rings. The van der Waals surface area contributed by atoms with Gasteiger partial charge >= 0.3 is 0 Å². The number of sulfone groups is 1. The van der Waals surface area contributed by atoms with E-state index in [2.05, 4.69) is 5.10 Å². The lowest BCUT2D eigenvalue weighted by atomic mass is 10.2. The largest absolute Gasteiger partial charge is 0.594 e. The van der Waals surface area contributed by atoms with Gasteiger partial charge < -0.3 is 5.21 Å². The number of hydrogen-bond acceptors (Lipinski definition) is 4. The second-order valence-electron chi connectivity index (χ2n) is 4.28. The molecule has 0 spiro atoms. The Kier molecular flexibility index (Phi) is 2.87. The average Bonchev–Trinajstić information content (AvgIpc) is 2.47. The molecule has 0 bridgehead atoms. The zero-order valence-electron chi connectivity index (χ0n) is 10.3. The molecule has 0 aliphatic heterocycles. The van der Waals surface area contributed by atoms with Crippen LogP contribution in [-0.4, -0.2) is 13.5 Å². The van der Waals surface area contributed by atoms with E-state index in [0.717, 1.165) is 0 Å². The van der Waals surface area contributed by atoms with E-state index in [1.165, 1.54) is 24.5 Å². The van der Waals surface area contributed by atoms with Gasteiger partial charge in [-0.3, -0.25) is 0 Å². The van der Waals surface area contributed by atoms with Crippen LogP contribution in [0.1, 0.15) is 0 Å². The molecule has 1 aromatic heterocycles. The molecule has 3 rings (SSSR count). The first-order valence-corrected chi connectivity index (χ1v) is 7.35. The van der Waals surface area contributed by atoms with Gasteiger partial charge in [-0.05, 0) is 30.3 Å². The molecule has 0 aliphatic carbocycles. The fourth-order valence-electron chi connectivity index (χ4n) is 1.96. The first kappa shape index (κ1) is 12.6.